The Hall–Kier alpha value is -2.05. The number of hydrogen-bond donors (Lipinski definition) is 3. The van der Waals surface area contributed by atoms with Gasteiger partial charge in [-0.25, -0.2) is 14.6 Å². The van der Waals surface area contributed by atoms with E-state index >= 15 is 0 Å². The molecule has 0 aliphatic heterocycles. The third-order valence-electron chi connectivity index (χ3n) is 3.77. The Morgan fingerprint density at radius 2 is 2.25 bits per heavy atom. The van der Waals surface area contributed by atoms with Gasteiger partial charge in [0.05, 0.1) is 6.33 Å². The number of aromatic amines is 1. The highest BCUT2D eigenvalue weighted by Crippen LogP contribution is 2.22. The quantitative estimate of drug-likeness (QED) is 0.749. The Kier molecular flexibility index (Phi) is 4.60. The SMILES string of the molecule is CN(C(=O)NC(Cc1cnc[nH]1)C(=O)O)C1CCCC1. The van der Waals surface area contributed by atoms with Gasteiger partial charge in [-0.2, -0.15) is 0 Å². The zero-order valence-corrected chi connectivity index (χ0v) is 11.5. The lowest BCUT2D eigenvalue weighted by molar-refractivity contribution is -0.139. The zero-order valence-electron chi connectivity index (χ0n) is 11.5. The maximum atomic E-state index is 12.1. The fraction of sp³-hybridized carbons (Fsp3) is 0.615. The van der Waals surface area contributed by atoms with Gasteiger partial charge in [0.2, 0.25) is 0 Å². The number of nitrogens with zero attached hydrogens (tertiary/aromatic N) is 2. The summed E-state index contributed by atoms with van der Waals surface area (Å²) >= 11 is 0. The summed E-state index contributed by atoms with van der Waals surface area (Å²) < 4.78 is 0. The minimum atomic E-state index is -1.05. The van der Waals surface area contributed by atoms with Gasteiger partial charge >= 0.3 is 12.0 Å². The summed E-state index contributed by atoms with van der Waals surface area (Å²) in [6, 6.07) is -1.06. The predicted molar refractivity (Wildman–Crippen MR) is 72.3 cm³/mol. The van der Waals surface area contributed by atoms with E-state index in [2.05, 4.69) is 15.3 Å². The highest BCUT2D eigenvalue weighted by molar-refractivity contribution is 5.82. The minimum Gasteiger partial charge on any atom is -0.480 e. The molecule has 110 valence electrons. The smallest absolute Gasteiger partial charge is 0.326 e. The number of urea groups is 1. The number of rotatable bonds is 5. The highest BCUT2D eigenvalue weighted by Gasteiger charge is 2.27. The summed E-state index contributed by atoms with van der Waals surface area (Å²) in [7, 11) is 1.72. The van der Waals surface area contributed by atoms with Crippen molar-refractivity contribution >= 4 is 12.0 Å². The molecule has 1 aliphatic carbocycles. The lowest BCUT2D eigenvalue weighted by Crippen LogP contribution is -2.50. The van der Waals surface area contributed by atoms with E-state index < -0.39 is 12.0 Å². The number of aliphatic carboxylic acids is 1. The molecule has 2 amide bonds. The zero-order chi connectivity index (χ0) is 14.5. The van der Waals surface area contributed by atoms with Gasteiger partial charge in [-0.05, 0) is 12.8 Å². The minimum absolute atomic E-state index is 0.194. The Morgan fingerprint density at radius 3 is 2.80 bits per heavy atom. The molecule has 1 aliphatic rings. The lowest BCUT2D eigenvalue weighted by Gasteiger charge is -2.26. The molecule has 0 radical (unpaired) electrons. The summed E-state index contributed by atoms with van der Waals surface area (Å²) in [6.07, 6.45) is 7.46. The van der Waals surface area contributed by atoms with Crippen LogP contribution in [0.25, 0.3) is 0 Å². The second-order valence-corrected chi connectivity index (χ2v) is 5.17. The molecule has 2 rings (SSSR count). The van der Waals surface area contributed by atoms with Crippen molar-refractivity contribution in [1.29, 1.82) is 0 Å². The van der Waals surface area contributed by atoms with Crippen molar-refractivity contribution in [3.8, 4) is 0 Å². The maximum Gasteiger partial charge on any atom is 0.326 e. The summed E-state index contributed by atoms with van der Waals surface area (Å²) in [5, 5.41) is 11.8. The van der Waals surface area contributed by atoms with E-state index in [1.807, 2.05) is 0 Å². The van der Waals surface area contributed by atoms with Crippen molar-refractivity contribution in [3.63, 3.8) is 0 Å². The first-order valence-corrected chi connectivity index (χ1v) is 6.81. The molecule has 1 atom stereocenters. The molecule has 0 bridgehead atoms. The Morgan fingerprint density at radius 1 is 1.55 bits per heavy atom. The number of imidazole rings is 1. The number of carbonyl (C=O) groups excluding carboxylic acids is 1. The molecule has 0 saturated heterocycles. The number of carbonyl (C=O) groups is 2. The van der Waals surface area contributed by atoms with Crippen LogP contribution in [0.4, 0.5) is 4.79 Å². The van der Waals surface area contributed by atoms with Gasteiger partial charge in [0, 0.05) is 31.4 Å². The Balaban J connectivity index is 1.93. The third kappa shape index (κ3) is 3.49. The molecule has 1 fully saturated rings. The van der Waals surface area contributed by atoms with E-state index in [-0.39, 0.29) is 18.5 Å². The summed E-state index contributed by atoms with van der Waals surface area (Å²) in [6.45, 7) is 0. The van der Waals surface area contributed by atoms with Crippen molar-refractivity contribution in [2.45, 2.75) is 44.2 Å². The summed E-state index contributed by atoms with van der Waals surface area (Å²) in [5.74, 6) is -1.05. The van der Waals surface area contributed by atoms with Gasteiger partial charge in [-0.15, -0.1) is 0 Å². The molecule has 1 aromatic rings. The highest BCUT2D eigenvalue weighted by atomic mass is 16.4. The Bertz CT molecular complexity index is 454. The van der Waals surface area contributed by atoms with E-state index in [4.69, 9.17) is 0 Å². The molecule has 1 heterocycles. The van der Waals surface area contributed by atoms with Gasteiger partial charge in [0.15, 0.2) is 0 Å². The molecule has 1 saturated carbocycles. The van der Waals surface area contributed by atoms with Crippen molar-refractivity contribution in [1.82, 2.24) is 20.2 Å². The van der Waals surface area contributed by atoms with Gasteiger partial charge in [-0.3, -0.25) is 0 Å². The van der Waals surface area contributed by atoms with Crippen LogP contribution in [0.2, 0.25) is 0 Å². The predicted octanol–water partition coefficient (Wildman–Crippen LogP) is 0.989. The van der Waals surface area contributed by atoms with E-state index in [1.54, 1.807) is 18.1 Å². The second-order valence-electron chi connectivity index (χ2n) is 5.17. The van der Waals surface area contributed by atoms with Crippen LogP contribution < -0.4 is 5.32 Å². The molecular weight excluding hydrogens is 260 g/mol. The standard InChI is InChI=1S/C13H20N4O3/c1-17(10-4-2-3-5-10)13(20)16-11(12(18)19)6-9-7-14-8-15-9/h7-8,10-11H,2-6H2,1H3,(H,14,15)(H,16,20)(H,18,19). The van der Waals surface area contributed by atoms with Crippen LogP contribution in [-0.4, -0.2) is 51.1 Å². The van der Waals surface area contributed by atoms with Crippen LogP contribution in [0.15, 0.2) is 12.5 Å². The van der Waals surface area contributed by atoms with Gasteiger partial charge in [-0.1, -0.05) is 12.8 Å². The van der Waals surface area contributed by atoms with E-state index in [0.29, 0.717) is 5.69 Å². The molecule has 1 aromatic heterocycles. The topological polar surface area (TPSA) is 98.3 Å². The average Bonchev–Trinajstić information content (AvgIpc) is 3.09. The summed E-state index contributed by atoms with van der Waals surface area (Å²) in [4.78, 5) is 31.6. The third-order valence-corrected chi connectivity index (χ3v) is 3.77. The molecule has 3 N–H and O–H groups in total. The molecule has 7 nitrogen and oxygen atoms in total. The van der Waals surface area contributed by atoms with Gasteiger partial charge in [0.1, 0.15) is 6.04 Å². The largest absolute Gasteiger partial charge is 0.480 e. The second kappa shape index (κ2) is 6.40. The Labute approximate surface area is 117 Å². The average molecular weight is 280 g/mol. The van der Waals surface area contributed by atoms with E-state index in [9.17, 15) is 14.7 Å². The van der Waals surface area contributed by atoms with Crippen LogP contribution in [0, 0.1) is 0 Å². The number of H-pyrrole nitrogens is 1. The van der Waals surface area contributed by atoms with E-state index in [1.165, 1.54) is 6.33 Å². The molecule has 0 aromatic carbocycles. The van der Waals surface area contributed by atoms with Crippen molar-refractivity contribution in [3.05, 3.63) is 18.2 Å². The van der Waals surface area contributed by atoms with Gasteiger partial charge in [0.25, 0.3) is 0 Å². The number of carboxylic acids is 1. The van der Waals surface area contributed by atoms with Gasteiger partial charge < -0.3 is 20.3 Å². The number of aromatic nitrogens is 2. The van der Waals surface area contributed by atoms with Crippen molar-refractivity contribution in [2.24, 2.45) is 0 Å². The first-order chi connectivity index (χ1) is 9.58. The number of nitrogens with one attached hydrogen (secondary N) is 2. The fourth-order valence-electron chi connectivity index (χ4n) is 2.52. The van der Waals surface area contributed by atoms with Crippen LogP contribution in [0.3, 0.4) is 0 Å². The first kappa shape index (κ1) is 14.4. The molecule has 20 heavy (non-hydrogen) atoms. The monoisotopic (exact) mass is 280 g/mol. The lowest BCUT2D eigenvalue weighted by atomic mass is 10.1. The molecule has 1 unspecified atom stereocenters. The number of hydrogen-bond acceptors (Lipinski definition) is 3. The van der Waals surface area contributed by atoms with E-state index in [0.717, 1.165) is 25.7 Å². The van der Waals surface area contributed by atoms with Crippen LogP contribution in [-0.2, 0) is 11.2 Å². The van der Waals surface area contributed by atoms with Crippen molar-refractivity contribution in [2.75, 3.05) is 7.05 Å². The van der Waals surface area contributed by atoms with Crippen LogP contribution in [0.5, 0.6) is 0 Å². The van der Waals surface area contributed by atoms with Crippen LogP contribution in [0.1, 0.15) is 31.4 Å². The normalized spacial score (nSPS) is 16.9. The first-order valence-electron chi connectivity index (χ1n) is 6.81. The number of amides is 2. The summed E-state index contributed by atoms with van der Waals surface area (Å²) in [5.41, 5.74) is 0.682. The van der Waals surface area contributed by atoms with Crippen molar-refractivity contribution < 1.29 is 14.7 Å². The molecule has 7 heteroatoms. The molecule has 0 spiro atoms. The molecular formula is C13H20N4O3. The maximum absolute atomic E-state index is 12.1. The van der Waals surface area contributed by atoms with Crippen LogP contribution >= 0.6 is 0 Å². The fourth-order valence-corrected chi connectivity index (χ4v) is 2.52. The number of carboxylic acid groups (broad SMARTS) is 1.